The van der Waals surface area contributed by atoms with Crippen molar-refractivity contribution in [3.8, 4) is 0 Å². The van der Waals surface area contributed by atoms with Crippen LogP contribution in [0.5, 0.6) is 0 Å². The lowest BCUT2D eigenvalue weighted by Gasteiger charge is -2.38. The van der Waals surface area contributed by atoms with Gasteiger partial charge in [-0.15, -0.1) is 0 Å². The standard InChI is InChI=1S/C20H28N2O3/c1-15(23)14-17-10-7-13-21(17)20(25)18-11-5-6-12-22(18)19(24)16-8-3-2-4-9-16/h2-4,8-9,15,17-18,23H,5-7,10-14H2,1H3. The van der Waals surface area contributed by atoms with E-state index in [9.17, 15) is 14.7 Å². The lowest BCUT2D eigenvalue weighted by molar-refractivity contribution is -0.138. The number of benzene rings is 1. The Morgan fingerprint density at radius 1 is 1.08 bits per heavy atom. The third-order valence-electron chi connectivity index (χ3n) is 5.34. The maximum Gasteiger partial charge on any atom is 0.254 e. The molecule has 2 aliphatic rings. The van der Waals surface area contributed by atoms with Gasteiger partial charge >= 0.3 is 0 Å². The van der Waals surface area contributed by atoms with Crippen molar-refractivity contribution in [1.29, 1.82) is 0 Å². The van der Waals surface area contributed by atoms with Crippen molar-refractivity contribution in [2.45, 2.75) is 63.6 Å². The first-order chi connectivity index (χ1) is 12.1. The molecule has 1 N–H and O–H groups in total. The van der Waals surface area contributed by atoms with E-state index in [1.807, 2.05) is 35.2 Å². The van der Waals surface area contributed by atoms with Crippen LogP contribution in [0.2, 0.25) is 0 Å². The second-order valence-electron chi connectivity index (χ2n) is 7.29. The van der Waals surface area contributed by atoms with Crippen molar-refractivity contribution in [3.63, 3.8) is 0 Å². The van der Waals surface area contributed by atoms with Gasteiger partial charge < -0.3 is 14.9 Å². The Balaban J connectivity index is 1.76. The van der Waals surface area contributed by atoms with Gasteiger partial charge in [0.15, 0.2) is 0 Å². The average molecular weight is 344 g/mol. The lowest BCUT2D eigenvalue weighted by atomic mass is 9.98. The van der Waals surface area contributed by atoms with Gasteiger partial charge in [-0.2, -0.15) is 0 Å². The number of hydrogen-bond donors (Lipinski definition) is 1. The monoisotopic (exact) mass is 344 g/mol. The summed E-state index contributed by atoms with van der Waals surface area (Å²) in [5, 5.41) is 9.71. The molecule has 2 heterocycles. The summed E-state index contributed by atoms with van der Waals surface area (Å²) in [5.74, 6) is 0.0112. The van der Waals surface area contributed by atoms with Crippen molar-refractivity contribution < 1.29 is 14.7 Å². The predicted octanol–water partition coefficient (Wildman–Crippen LogP) is 2.44. The van der Waals surface area contributed by atoms with E-state index in [1.165, 1.54) is 0 Å². The third-order valence-corrected chi connectivity index (χ3v) is 5.34. The topological polar surface area (TPSA) is 60.9 Å². The largest absolute Gasteiger partial charge is 0.393 e. The fraction of sp³-hybridized carbons (Fsp3) is 0.600. The van der Waals surface area contributed by atoms with Crippen molar-refractivity contribution in [3.05, 3.63) is 35.9 Å². The van der Waals surface area contributed by atoms with Gasteiger partial charge in [0.2, 0.25) is 5.91 Å². The van der Waals surface area contributed by atoms with Gasteiger partial charge in [0.05, 0.1) is 6.10 Å². The summed E-state index contributed by atoms with van der Waals surface area (Å²) >= 11 is 0. The molecule has 2 amide bonds. The van der Waals surface area contributed by atoms with Crippen molar-refractivity contribution in [1.82, 2.24) is 9.80 Å². The first-order valence-electron chi connectivity index (χ1n) is 9.42. The maximum atomic E-state index is 13.2. The van der Waals surface area contributed by atoms with Crippen molar-refractivity contribution in [2.24, 2.45) is 0 Å². The minimum absolute atomic E-state index is 0.0510. The third kappa shape index (κ3) is 4.03. The van der Waals surface area contributed by atoms with E-state index in [0.29, 0.717) is 18.5 Å². The summed E-state index contributed by atoms with van der Waals surface area (Å²) < 4.78 is 0. The number of amides is 2. The van der Waals surface area contributed by atoms with E-state index in [2.05, 4.69) is 0 Å². The Labute approximate surface area is 149 Å². The summed E-state index contributed by atoms with van der Waals surface area (Å²) in [6.07, 6.45) is 4.77. The number of aliphatic hydroxyl groups excluding tert-OH is 1. The predicted molar refractivity (Wildman–Crippen MR) is 96.2 cm³/mol. The van der Waals surface area contributed by atoms with Gasteiger partial charge in [-0.25, -0.2) is 0 Å². The molecule has 1 aromatic rings. The zero-order valence-corrected chi connectivity index (χ0v) is 14.9. The molecule has 0 spiro atoms. The van der Waals surface area contributed by atoms with Crippen LogP contribution in [0.4, 0.5) is 0 Å². The first-order valence-corrected chi connectivity index (χ1v) is 9.42. The number of hydrogen-bond acceptors (Lipinski definition) is 3. The molecule has 2 aliphatic heterocycles. The number of carbonyl (C=O) groups excluding carboxylic acids is 2. The molecule has 3 rings (SSSR count). The van der Waals surface area contributed by atoms with Crippen LogP contribution in [0.25, 0.3) is 0 Å². The van der Waals surface area contributed by atoms with Crippen LogP contribution in [0, 0.1) is 0 Å². The zero-order valence-electron chi connectivity index (χ0n) is 14.9. The number of piperidine rings is 1. The van der Waals surface area contributed by atoms with Gasteiger partial charge in [0.25, 0.3) is 5.91 Å². The molecule has 0 radical (unpaired) electrons. The number of nitrogens with zero attached hydrogens (tertiary/aromatic N) is 2. The Kier molecular flexibility index (Phi) is 5.74. The Hall–Kier alpha value is -1.88. The second-order valence-corrected chi connectivity index (χ2v) is 7.29. The Morgan fingerprint density at radius 2 is 1.80 bits per heavy atom. The highest BCUT2D eigenvalue weighted by Gasteiger charge is 2.39. The highest BCUT2D eigenvalue weighted by Crippen LogP contribution is 2.27. The Bertz CT molecular complexity index is 602. The first kappa shape index (κ1) is 17.9. The molecule has 5 nitrogen and oxygen atoms in total. The normalized spacial score (nSPS) is 25.0. The van der Waals surface area contributed by atoms with E-state index in [-0.39, 0.29) is 23.9 Å². The van der Waals surface area contributed by atoms with Crippen molar-refractivity contribution >= 4 is 11.8 Å². The Morgan fingerprint density at radius 3 is 2.52 bits per heavy atom. The van der Waals surface area contributed by atoms with E-state index in [1.54, 1.807) is 11.8 Å². The summed E-state index contributed by atoms with van der Waals surface area (Å²) in [5.41, 5.74) is 0.643. The fourth-order valence-corrected chi connectivity index (χ4v) is 4.13. The molecule has 3 atom stereocenters. The number of rotatable bonds is 4. The zero-order chi connectivity index (χ0) is 17.8. The van der Waals surface area contributed by atoms with Gasteiger partial charge in [0, 0.05) is 24.7 Å². The van der Waals surface area contributed by atoms with Crippen LogP contribution in [0.1, 0.15) is 55.8 Å². The van der Waals surface area contributed by atoms with Crippen LogP contribution in [0.15, 0.2) is 30.3 Å². The van der Waals surface area contributed by atoms with Gasteiger partial charge in [-0.3, -0.25) is 9.59 Å². The number of likely N-dealkylation sites (tertiary alicyclic amines) is 2. The van der Waals surface area contributed by atoms with Crippen LogP contribution in [0.3, 0.4) is 0 Å². The summed E-state index contributed by atoms with van der Waals surface area (Å²) in [6.45, 7) is 3.14. The van der Waals surface area contributed by atoms with Crippen LogP contribution in [-0.4, -0.2) is 58.0 Å². The van der Waals surface area contributed by atoms with Crippen molar-refractivity contribution in [2.75, 3.05) is 13.1 Å². The smallest absolute Gasteiger partial charge is 0.254 e. The quantitative estimate of drug-likeness (QED) is 0.913. The molecular formula is C20H28N2O3. The highest BCUT2D eigenvalue weighted by atomic mass is 16.3. The fourth-order valence-electron chi connectivity index (χ4n) is 4.13. The molecule has 1 aromatic carbocycles. The second kappa shape index (κ2) is 8.00. The maximum absolute atomic E-state index is 13.2. The minimum atomic E-state index is -0.410. The highest BCUT2D eigenvalue weighted by molar-refractivity contribution is 5.97. The molecule has 0 bridgehead atoms. The van der Waals surface area contributed by atoms with Crippen LogP contribution in [-0.2, 0) is 4.79 Å². The molecule has 0 aromatic heterocycles. The van der Waals surface area contributed by atoms with E-state index < -0.39 is 6.10 Å². The molecule has 25 heavy (non-hydrogen) atoms. The molecule has 0 saturated carbocycles. The molecule has 5 heteroatoms. The summed E-state index contributed by atoms with van der Waals surface area (Å²) in [7, 11) is 0. The SMILES string of the molecule is CC(O)CC1CCCN1C(=O)C1CCCCN1C(=O)c1ccccc1. The van der Waals surface area contributed by atoms with Crippen LogP contribution >= 0.6 is 0 Å². The van der Waals surface area contributed by atoms with Gasteiger partial charge in [-0.1, -0.05) is 18.2 Å². The van der Waals surface area contributed by atoms with E-state index in [0.717, 1.165) is 38.6 Å². The summed E-state index contributed by atoms with van der Waals surface area (Å²) in [6, 6.07) is 8.95. The molecule has 0 aliphatic carbocycles. The molecule has 2 saturated heterocycles. The molecular weight excluding hydrogens is 316 g/mol. The number of carbonyl (C=O) groups is 2. The van der Waals surface area contributed by atoms with Gasteiger partial charge in [-0.05, 0) is 57.6 Å². The van der Waals surface area contributed by atoms with Crippen LogP contribution < -0.4 is 0 Å². The molecule has 3 unspecified atom stereocenters. The lowest BCUT2D eigenvalue weighted by Crippen LogP contribution is -2.54. The average Bonchev–Trinajstić information content (AvgIpc) is 3.08. The molecule has 2 fully saturated rings. The molecule has 136 valence electrons. The minimum Gasteiger partial charge on any atom is -0.393 e. The van der Waals surface area contributed by atoms with Gasteiger partial charge in [0.1, 0.15) is 6.04 Å². The number of aliphatic hydroxyl groups is 1. The summed E-state index contributed by atoms with van der Waals surface area (Å²) in [4.78, 5) is 29.8. The van der Waals surface area contributed by atoms with E-state index >= 15 is 0 Å². The van der Waals surface area contributed by atoms with E-state index in [4.69, 9.17) is 0 Å².